The van der Waals surface area contributed by atoms with Gasteiger partial charge in [-0.15, -0.1) is 21.5 Å². The number of benzene rings is 1. The SMILES string of the molecule is COc1ccc(-c2ccc3nnc(SCC(=O)c4cccs4)n3n2)cc1. The van der Waals surface area contributed by atoms with Crippen molar-refractivity contribution in [1.82, 2.24) is 19.8 Å². The molecular weight excluding hydrogens is 368 g/mol. The summed E-state index contributed by atoms with van der Waals surface area (Å²) in [7, 11) is 1.64. The lowest BCUT2D eigenvalue weighted by Crippen LogP contribution is -2.02. The predicted octanol–water partition coefficient (Wildman–Crippen LogP) is 3.84. The molecule has 4 rings (SSSR count). The molecule has 0 amide bonds. The number of carbonyl (C=O) groups excluding carboxylic acids is 1. The Kier molecular flexibility index (Phi) is 4.68. The molecule has 0 aliphatic heterocycles. The zero-order valence-electron chi connectivity index (χ0n) is 13.8. The van der Waals surface area contributed by atoms with E-state index in [1.54, 1.807) is 11.6 Å². The van der Waals surface area contributed by atoms with E-state index in [-0.39, 0.29) is 5.78 Å². The number of hydrogen-bond acceptors (Lipinski definition) is 7. The molecule has 0 fully saturated rings. The molecule has 0 aliphatic carbocycles. The Bertz CT molecular complexity index is 1040. The van der Waals surface area contributed by atoms with Crippen LogP contribution in [0.4, 0.5) is 0 Å². The maximum absolute atomic E-state index is 12.2. The van der Waals surface area contributed by atoms with E-state index in [2.05, 4.69) is 15.3 Å². The summed E-state index contributed by atoms with van der Waals surface area (Å²) < 4.78 is 6.86. The Morgan fingerprint density at radius 3 is 2.73 bits per heavy atom. The number of rotatable bonds is 6. The van der Waals surface area contributed by atoms with E-state index in [4.69, 9.17) is 4.74 Å². The van der Waals surface area contributed by atoms with Crippen molar-refractivity contribution in [3.63, 3.8) is 0 Å². The van der Waals surface area contributed by atoms with Gasteiger partial charge in [-0.05, 0) is 47.8 Å². The van der Waals surface area contributed by atoms with Crippen LogP contribution in [-0.2, 0) is 0 Å². The van der Waals surface area contributed by atoms with Crippen LogP contribution in [0.2, 0.25) is 0 Å². The second-order valence-corrected chi connectivity index (χ2v) is 7.28. The van der Waals surface area contributed by atoms with Crippen molar-refractivity contribution in [3.05, 3.63) is 58.8 Å². The van der Waals surface area contributed by atoms with Gasteiger partial charge in [0.2, 0.25) is 5.16 Å². The smallest absolute Gasteiger partial charge is 0.212 e. The normalized spacial score (nSPS) is 11.0. The summed E-state index contributed by atoms with van der Waals surface area (Å²) in [5, 5.41) is 15.4. The lowest BCUT2D eigenvalue weighted by atomic mass is 10.1. The van der Waals surface area contributed by atoms with Gasteiger partial charge in [0.05, 0.1) is 23.4 Å². The van der Waals surface area contributed by atoms with Crippen LogP contribution in [0.3, 0.4) is 0 Å². The van der Waals surface area contributed by atoms with Gasteiger partial charge in [-0.2, -0.15) is 9.61 Å². The Morgan fingerprint density at radius 1 is 1.15 bits per heavy atom. The van der Waals surface area contributed by atoms with E-state index < -0.39 is 0 Å². The molecule has 6 nitrogen and oxygen atoms in total. The molecule has 130 valence electrons. The molecule has 8 heteroatoms. The fraction of sp³-hybridized carbons (Fsp3) is 0.111. The van der Waals surface area contributed by atoms with Crippen LogP contribution < -0.4 is 4.74 Å². The van der Waals surface area contributed by atoms with Crippen LogP contribution in [0.1, 0.15) is 9.67 Å². The molecule has 0 saturated carbocycles. The fourth-order valence-corrected chi connectivity index (χ4v) is 3.94. The lowest BCUT2D eigenvalue weighted by Gasteiger charge is -2.04. The van der Waals surface area contributed by atoms with Crippen molar-refractivity contribution >= 4 is 34.5 Å². The van der Waals surface area contributed by atoms with Gasteiger partial charge in [0.25, 0.3) is 0 Å². The third kappa shape index (κ3) is 3.33. The maximum atomic E-state index is 12.2. The summed E-state index contributed by atoms with van der Waals surface area (Å²) in [4.78, 5) is 12.9. The van der Waals surface area contributed by atoms with Gasteiger partial charge in [-0.3, -0.25) is 4.79 Å². The van der Waals surface area contributed by atoms with Crippen molar-refractivity contribution in [2.24, 2.45) is 0 Å². The summed E-state index contributed by atoms with van der Waals surface area (Å²) in [6.45, 7) is 0. The zero-order chi connectivity index (χ0) is 17.9. The number of aromatic nitrogens is 4. The number of carbonyl (C=O) groups is 1. The van der Waals surface area contributed by atoms with Crippen molar-refractivity contribution in [2.75, 3.05) is 12.9 Å². The van der Waals surface area contributed by atoms with Crippen LogP contribution >= 0.6 is 23.1 Å². The topological polar surface area (TPSA) is 69.4 Å². The number of nitrogens with zero attached hydrogens (tertiary/aromatic N) is 4. The molecule has 26 heavy (non-hydrogen) atoms. The highest BCUT2D eigenvalue weighted by atomic mass is 32.2. The summed E-state index contributed by atoms with van der Waals surface area (Å²) >= 11 is 2.78. The zero-order valence-corrected chi connectivity index (χ0v) is 15.5. The highest BCUT2D eigenvalue weighted by Crippen LogP contribution is 2.23. The number of thioether (sulfide) groups is 1. The van der Waals surface area contributed by atoms with Crippen molar-refractivity contribution in [2.45, 2.75) is 5.16 Å². The van der Waals surface area contributed by atoms with E-state index >= 15 is 0 Å². The first-order valence-corrected chi connectivity index (χ1v) is 9.67. The van der Waals surface area contributed by atoms with Crippen molar-refractivity contribution in [1.29, 1.82) is 0 Å². The lowest BCUT2D eigenvalue weighted by molar-refractivity contribution is 0.102. The molecular formula is C18H14N4O2S2. The number of ether oxygens (including phenoxy) is 1. The second-order valence-electron chi connectivity index (χ2n) is 5.39. The largest absolute Gasteiger partial charge is 0.497 e. The molecule has 1 aromatic carbocycles. The Labute approximate surface area is 157 Å². The first-order valence-electron chi connectivity index (χ1n) is 7.81. The molecule has 0 spiro atoms. The minimum atomic E-state index is 0.0769. The van der Waals surface area contributed by atoms with E-state index in [0.29, 0.717) is 16.6 Å². The number of hydrogen-bond donors (Lipinski definition) is 0. The van der Waals surface area contributed by atoms with E-state index in [1.165, 1.54) is 23.1 Å². The Balaban J connectivity index is 1.59. The number of ketones is 1. The maximum Gasteiger partial charge on any atom is 0.212 e. The molecule has 0 atom stereocenters. The fourth-order valence-electron chi connectivity index (χ4n) is 2.41. The average molecular weight is 382 g/mol. The van der Waals surface area contributed by atoms with Gasteiger partial charge in [-0.1, -0.05) is 17.8 Å². The van der Waals surface area contributed by atoms with Gasteiger partial charge in [0.15, 0.2) is 11.4 Å². The third-order valence-electron chi connectivity index (χ3n) is 3.75. The van der Waals surface area contributed by atoms with Crippen LogP contribution in [-0.4, -0.2) is 38.5 Å². The Hall–Kier alpha value is -2.71. The van der Waals surface area contributed by atoms with Gasteiger partial charge in [-0.25, -0.2) is 0 Å². The summed E-state index contributed by atoms with van der Waals surface area (Å²) in [5.74, 6) is 1.17. The van der Waals surface area contributed by atoms with E-state index in [9.17, 15) is 4.79 Å². The summed E-state index contributed by atoms with van der Waals surface area (Å²) in [6, 6.07) is 15.1. The molecule has 0 aliphatic rings. The third-order valence-corrected chi connectivity index (χ3v) is 5.58. The molecule has 3 heterocycles. The summed E-state index contributed by atoms with van der Waals surface area (Å²) in [5.41, 5.74) is 2.41. The molecule has 0 unspecified atom stereocenters. The molecule has 0 radical (unpaired) electrons. The molecule has 3 aromatic heterocycles. The number of thiophene rings is 1. The van der Waals surface area contributed by atoms with Crippen molar-refractivity contribution in [3.8, 4) is 17.0 Å². The van der Waals surface area contributed by atoms with Gasteiger partial charge in [0, 0.05) is 5.56 Å². The monoisotopic (exact) mass is 382 g/mol. The number of fused-ring (bicyclic) bond motifs is 1. The number of Topliss-reactive ketones (excluding diaryl/α,β-unsaturated/α-hetero) is 1. The van der Waals surface area contributed by atoms with Crippen LogP contribution in [0.25, 0.3) is 16.9 Å². The first kappa shape index (κ1) is 16.7. The minimum absolute atomic E-state index is 0.0769. The van der Waals surface area contributed by atoms with Crippen molar-refractivity contribution < 1.29 is 9.53 Å². The van der Waals surface area contributed by atoms with Crippen LogP contribution in [0, 0.1) is 0 Å². The first-order chi connectivity index (χ1) is 12.7. The molecule has 0 saturated heterocycles. The second kappa shape index (κ2) is 7.27. The van der Waals surface area contributed by atoms with E-state index in [1.807, 2.05) is 53.9 Å². The predicted molar refractivity (Wildman–Crippen MR) is 102 cm³/mol. The van der Waals surface area contributed by atoms with Gasteiger partial charge >= 0.3 is 0 Å². The minimum Gasteiger partial charge on any atom is -0.497 e. The molecule has 0 N–H and O–H groups in total. The van der Waals surface area contributed by atoms with Crippen LogP contribution in [0.15, 0.2) is 59.1 Å². The van der Waals surface area contributed by atoms with E-state index in [0.717, 1.165) is 21.9 Å². The standard InChI is InChI=1S/C18H14N4O2S2/c1-24-13-6-4-12(5-7-13)14-8-9-17-19-20-18(22(17)21-14)26-11-15(23)16-3-2-10-25-16/h2-10H,11H2,1H3. The highest BCUT2D eigenvalue weighted by molar-refractivity contribution is 7.99. The molecule has 4 aromatic rings. The average Bonchev–Trinajstić information content (AvgIpc) is 3.36. The quantitative estimate of drug-likeness (QED) is 0.373. The Morgan fingerprint density at radius 2 is 2.00 bits per heavy atom. The highest BCUT2D eigenvalue weighted by Gasteiger charge is 2.13. The van der Waals surface area contributed by atoms with Crippen LogP contribution in [0.5, 0.6) is 5.75 Å². The summed E-state index contributed by atoms with van der Waals surface area (Å²) in [6.07, 6.45) is 0. The van der Waals surface area contributed by atoms with Gasteiger partial charge < -0.3 is 4.74 Å². The molecule has 0 bridgehead atoms. The van der Waals surface area contributed by atoms with Gasteiger partial charge in [0.1, 0.15) is 5.75 Å². The number of methoxy groups -OCH3 is 1.